The topological polar surface area (TPSA) is 78.3 Å². The molecule has 1 N–H and O–H groups in total. The van der Waals surface area contributed by atoms with E-state index in [1.165, 1.54) is 5.56 Å². The van der Waals surface area contributed by atoms with Crippen LogP contribution < -0.4 is 5.32 Å². The number of ether oxygens (including phenoxy) is 1. The minimum absolute atomic E-state index is 0.122. The van der Waals surface area contributed by atoms with Crippen molar-refractivity contribution < 1.29 is 9.53 Å². The largest absolute Gasteiger partial charge is 0.377 e. The van der Waals surface area contributed by atoms with Crippen LogP contribution in [0.5, 0.6) is 0 Å². The summed E-state index contributed by atoms with van der Waals surface area (Å²) in [5.74, 6) is 0.467. The van der Waals surface area contributed by atoms with Crippen LogP contribution in [0.25, 0.3) is 10.8 Å². The van der Waals surface area contributed by atoms with E-state index in [0.717, 1.165) is 54.9 Å². The van der Waals surface area contributed by atoms with Gasteiger partial charge >= 0.3 is 0 Å². The molecule has 6 nitrogen and oxygen atoms in total. The van der Waals surface area contributed by atoms with E-state index < -0.39 is 0 Å². The fraction of sp³-hybridized carbons (Fsp3) is 0.522. The van der Waals surface area contributed by atoms with Gasteiger partial charge in [0.25, 0.3) is 0 Å². The fourth-order valence-electron chi connectivity index (χ4n) is 4.72. The summed E-state index contributed by atoms with van der Waals surface area (Å²) in [4.78, 5) is 19.2. The third-order valence-corrected chi connectivity index (χ3v) is 7.23. The number of hydrogen-bond acceptors (Lipinski definition) is 5. The first-order valence-corrected chi connectivity index (χ1v) is 11.0. The third-order valence-electron chi connectivity index (χ3n) is 6.91. The molecule has 0 bridgehead atoms. The minimum Gasteiger partial charge on any atom is -0.377 e. The number of benzene rings is 1. The molecule has 3 heterocycles. The van der Waals surface area contributed by atoms with Crippen molar-refractivity contribution in [3.05, 3.63) is 35.0 Å². The van der Waals surface area contributed by atoms with E-state index >= 15 is 0 Å². The predicted molar refractivity (Wildman–Crippen MR) is 115 cm³/mol. The molecule has 2 aliphatic heterocycles. The molecule has 3 aliphatic rings. The third kappa shape index (κ3) is 3.56. The molecule has 1 aliphatic carbocycles. The highest BCUT2D eigenvalue weighted by Crippen LogP contribution is 2.40. The van der Waals surface area contributed by atoms with E-state index in [-0.39, 0.29) is 23.3 Å². The van der Waals surface area contributed by atoms with Gasteiger partial charge in [0.2, 0.25) is 5.91 Å². The number of halogens is 1. The van der Waals surface area contributed by atoms with Crippen LogP contribution in [-0.4, -0.2) is 47.6 Å². The number of likely N-dealkylation sites (tertiary alicyclic amines) is 1. The minimum atomic E-state index is -0.207. The van der Waals surface area contributed by atoms with Gasteiger partial charge in [-0.15, -0.1) is 0 Å². The highest BCUT2D eigenvalue weighted by atomic mass is 35.5. The Balaban J connectivity index is 1.32. The molecule has 1 aromatic carbocycles. The summed E-state index contributed by atoms with van der Waals surface area (Å²) in [5.41, 5.74) is 1.37. The first-order valence-electron chi connectivity index (χ1n) is 10.6. The highest BCUT2D eigenvalue weighted by Gasteiger charge is 2.43. The Morgan fingerprint density at radius 1 is 1.30 bits per heavy atom. The Kier molecular flexibility index (Phi) is 4.93. The van der Waals surface area contributed by atoms with Crippen molar-refractivity contribution in [2.24, 2.45) is 11.8 Å². The van der Waals surface area contributed by atoms with Gasteiger partial charge in [-0.2, -0.15) is 5.26 Å². The van der Waals surface area contributed by atoms with Crippen LogP contribution >= 0.6 is 11.6 Å². The van der Waals surface area contributed by atoms with Gasteiger partial charge in [0.15, 0.2) is 0 Å². The van der Waals surface area contributed by atoms with Gasteiger partial charge in [-0.1, -0.05) is 11.6 Å². The van der Waals surface area contributed by atoms with Crippen molar-refractivity contribution in [1.82, 2.24) is 9.88 Å². The second kappa shape index (κ2) is 7.49. The molecule has 30 heavy (non-hydrogen) atoms. The molecule has 2 atom stereocenters. The average Bonchev–Trinajstić information content (AvgIpc) is 3.52. The van der Waals surface area contributed by atoms with Gasteiger partial charge in [0.1, 0.15) is 5.82 Å². The number of pyridine rings is 1. The lowest BCUT2D eigenvalue weighted by Crippen LogP contribution is -2.61. The zero-order valence-corrected chi connectivity index (χ0v) is 17.8. The molecule has 1 saturated carbocycles. The number of anilines is 1. The van der Waals surface area contributed by atoms with Gasteiger partial charge in [-0.25, -0.2) is 4.98 Å². The number of hydrogen-bond donors (Lipinski definition) is 1. The number of carbonyl (C=O) groups is 1. The first kappa shape index (κ1) is 19.7. The summed E-state index contributed by atoms with van der Waals surface area (Å²) in [5, 5.41) is 14.5. The van der Waals surface area contributed by atoms with Crippen LogP contribution in [0.2, 0.25) is 5.02 Å². The number of amides is 1. The van der Waals surface area contributed by atoms with Crippen molar-refractivity contribution in [1.29, 1.82) is 5.26 Å². The van der Waals surface area contributed by atoms with Gasteiger partial charge in [-0.3, -0.25) is 9.69 Å². The number of fused-ring (bicyclic) bond motifs is 1. The van der Waals surface area contributed by atoms with Crippen LogP contribution in [0.1, 0.15) is 37.7 Å². The molecule has 7 heteroatoms. The van der Waals surface area contributed by atoms with Crippen LogP contribution in [0.15, 0.2) is 24.4 Å². The van der Waals surface area contributed by atoms with Crippen molar-refractivity contribution in [2.45, 2.75) is 37.6 Å². The summed E-state index contributed by atoms with van der Waals surface area (Å²) in [6.45, 7) is 6.04. The normalized spacial score (nSPS) is 26.0. The molecule has 0 radical (unpaired) electrons. The quantitative estimate of drug-likeness (QED) is 0.803. The summed E-state index contributed by atoms with van der Waals surface area (Å²) in [6, 6.07) is 8.18. The second-order valence-corrected chi connectivity index (χ2v) is 9.52. The monoisotopic (exact) mass is 424 g/mol. The lowest BCUT2D eigenvalue weighted by atomic mass is 9.85. The van der Waals surface area contributed by atoms with Crippen LogP contribution in [-0.2, 0) is 9.53 Å². The Morgan fingerprint density at radius 2 is 2.07 bits per heavy atom. The average molecular weight is 425 g/mol. The van der Waals surface area contributed by atoms with Gasteiger partial charge in [-0.05, 0) is 74.3 Å². The summed E-state index contributed by atoms with van der Waals surface area (Å²) < 4.78 is 5.42. The summed E-state index contributed by atoms with van der Waals surface area (Å²) in [6.07, 6.45) is 4.54. The number of piperidine rings is 1. The Morgan fingerprint density at radius 3 is 2.70 bits per heavy atom. The molecular weight excluding hydrogens is 400 g/mol. The lowest BCUT2D eigenvalue weighted by Gasteiger charge is -2.50. The molecule has 2 aromatic rings. The van der Waals surface area contributed by atoms with Crippen molar-refractivity contribution in [2.75, 3.05) is 31.6 Å². The maximum Gasteiger partial charge on any atom is 0.230 e. The molecule has 2 saturated heterocycles. The molecule has 156 valence electrons. The van der Waals surface area contributed by atoms with E-state index in [1.54, 1.807) is 6.20 Å². The Labute approximate surface area is 181 Å². The van der Waals surface area contributed by atoms with E-state index in [9.17, 15) is 4.79 Å². The lowest BCUT2D eigenvalue weighted by molar-refractivity contribution is -0.136. The maximum absolute atomic E-state index is 12.3. The molecule has 0 spiro atoms. The molecule has 1 amide bonds. The van der Waals surface area contributed by atoms with Gasteiger partial charge in [0.05, 0.1) is 36.7 Å². The number of carbonyl (C=O) groups excluding carboxylic acids is 1. The zero-order chi connectivity index (χ0) is 20.9. The van der Waals surface area contributed by atoms with E-state index in [2.05, 4.69) is 34.3 Å². The Hall–Kier alpha value is -2.20. The Bertz CT molecular complexity index is 1040. The van der Waals surface area contributed by atoms with E-state index in [1.807, 2.05) is 12.1 Å². The SMILES string of the molecule is CC1(N2CCC(c3cc4cc(NC(=O)[C@@H]5C[C@@H]5C#N)ncc4cc3Cl)CC2)COC1. The molecular formula is C23H25ClN4O2. The molecule has 0 unspecified atom stereocenters. The fourth-order valence-corrected chi connectivity index (χ4v) is 5.05. The van der Waals surface area contributed by atoms with Gasteiger partial charge in [0, 0.05) is 16.6 Å². The second-order valence-electron chi connectivity index (χ2n) is 9.11. The van der Waals surface area contributed by atoms with Crippen molar-refractivity contribution in [3.8, 4) is 6.07 Å². The van der Waals surface area contributed by atoms with Crippen molar-refractivity contribution in [3.63, 3.8) is 0 Å². The maximum atomic E-state index is 12.3. The van der Waals surface area contributed by atoms with E-state index in [4.69, 9.17) is 21.6 Å². The molecule has 5 rings (SSSR count). The standard InChI is InChI=1S/C23H25ClN4O2/c1-23(12-30-13-23)28-4-2-14(3-5-28)18-6-15-9-21(26-11-17(15)8-20(18)24)27-22(29)19-7-16(19)10-25/h6,8-9,11,14,16,19H,2-5,7,12-13H2,1H3,(H,26,27,29)/t16-,19-/m1/s1. The first-order chi connectivity index (χ1) is 14.5. The van der Waals surface area contributed by atoms with E-state index in [0.29, 0.717) is 18.2 Å². The smallest absolute Gasteiger partial charge is 0.230 e. The number of aromatic nitrogens is 1. The number of nitriles is 1. The predicted octanol–water partition coefficient (Wildman–Crippen LogP) is 3.95. The van der Waals surface area contributed by atoms with Crippen LogP contribution in [0, 0.1) is 23.2 Å². The van der Waals surface area contributed by atoms with Crippen LogP contribution in [0.4, 0.5) is 5.82 Å². The van der Waals surface area contributed by atoms with Gasteiger partial charge < -0.3 is 10.1 Å². The number of nitrogens with one attached hydrogen (secondary N) is 1. The van der Waals surface area contributed by atoms with Crippen LogP contribution in [0.3, 0.4) is 0 Å². The summed E-state index contributed by atoms with van der Waals surface area (Å²) in [7, 11) is 0. The number of nitrogens with zero attached hydrogens (tertiary/aromatic N) is 3. The highest BCUT2D eigenvalue weighted by molar-refractivity contribution is 6.32. The number of rotatable bonds is 4. The zero-order valence-electron chi connectivity index (χ0n) is 17.0. The van der Waals surface area contributed by atoms with Crippen molar-refractivity contribution >= 4 is 34.1 Å². The molecule has 3 fully saturated rings. The molecule has 1 aromatic heterocycles. The summed E-state index contributed by atoms with van der Waals surface area (Å²) >= 11 is 6.65.